The lowest BCUT2D eigenvalue weighted by Crippen LogP contribution is -2.41. The Bertz CT molecular complexity index is 567. The molecule has 7 nitrogen and oxygen atoms in total. The summed E-state index contributed by atoms with van der Waals surface area (Å²) in [5.41, 5.74) is -0.155. The summed E-state index contributed by atoms with van der Waals surface area (Å²) < 4.78 is 13.8. The Hall–Kier alpha value is -1.54. The van der Waals surface area contributed by atoms with Crippen LogP contribution in [-0.4, -0.2) is 45.8 Å². The lowest BCUT2D eigenvalue weighted by Gasteiger charge is -2.32. The maximum Gasteiger partial charge on any atom is 0.498 e. The van der Waals surface area contributed by atoms with Gasteiger partial charge in [0.25, 0.3) is 0 Å². The summed E-state index contributed by atoms with van der Waals surface area (Å²) >= 11 is 0. The quantitative estimate of drug-likeness (QED) is 0.802. The molecule has 2 heterocycles. The SMILES string of the molecule is CC(C)(CNC(=O)O)Cn1cc(B2OC(C)(C)C(C)(C)O2)cn1. The van der Waals surface area contributed by atoms with Crippen LogP contribution in [0.15, 0.2) is 12.4 Å². The zero-order valence-corrected chi connectivity index (χ0v) is 14.7. The molecule has 2 rings (SSSR count). The van der Waals surface area contributed by atoms with Gasteiger partial charge in [-0.05, 0) is 27.7 Å². The second-order valence-electron chi connectivity index (χ2n) is 7.88. The van der Waals surface area contributed by atoms with Crippen LogP contribution < -0.4 is 10.8 Å². The summed E-state index contributed by atoms with van der Waals surface area (Å²) in [6.45, 7) is 13.0. The normalized spacial score (nSPS) is 19.8. The van der Waals surface area contributed by atoms with Crippen LogP contribution in [0, 0.1) is 5.41 Å². The molecule has 23 heavy (non-hydrogen) atoms. The highest BCUT2D eigenvalue weighted by atomic mass is 16.7. The predicted molar refractivity (Wildman–Crippen MR) is 87.8 cm³/mol. The number of nitrogens with one attached hydrogen (secondary N) is 1. The minimum Gasteiger partial charge on any atom is -0.465 e. The van der Waals surface area contributed by atoms with Gasteiger partial charge >= 0.3 is 13.2 Å². The molecule has 2 N–H and O–H groups in total. The van der Waals surface area contributed by atoms with Gasteiger partial charge in [0.05, 0.1) is 11.2 Å². The van der Waals surface area contributed by atoms with Crippen LogP contribution in [0.5, 0.6) is 0 Å². The highest BCUT2D eigenvalue weighted by Gasteiger charge is 2.52. The Balaban J connectivity index is 2.03. The number of nitrogens with zero attached hydrogens (tertiary/aromatic N) is 2. The van der Waals surface area contributed by atoms with E-state index in [-0.39, 0.29) is 16.6 Å². The van der Waals surface area contributed by atoms with Crippen molar-refractivity contribution in [3.8, 4) is 0 Å². The van der Waals surface area contributed by atoms with Crippen molar-refractivity contribution >= 4 is 18.7 Å². The third-order valence-corrected chi connectivity index (χ3v) is 4.49. The average Bonchev–Trinajstić information content (AvgIpc) is 2.90. The van der Waals surface area contributed by atoms with E-state index in [1.165, 1.54) is 0 Å². The molecule has 128 valence electrons. The minimum absolute atomic E-state index is 0.252. The van der Waals surface area contributed by atoms with Crippen LogP contribution >= 0.6 is 0 Å². The van der Waals surface area contributed by atoms with E-state index >= 15 is 0 Å². The lowest BCUT2D eigenvalue weighted by atomic mass is 9.82. The molecule has 1 amide bonds. The predicted octanol–water partition coefficient (Wildman–Crippen LogP) is 1.48. The van der Waals surface area contributed by atoms with Gasteiger partial charge in [-0.15, -0.1) is 0 Å². The van der Waals surface area contributed by atoms with Crippen molar-refractivity contribution in [2.45, 2.75) is 59.3 Å². The molecule has 1 saturated heterocycles. The second-order valence-corrected chi connectivity index (χ2v) is 7.88. The van der Waals surface area contributed by atoms with E-state index in [1.54, 1.807) is 10.9 Å². The van der Waals surface area contributed by atoms with Crippen molar-refractivity contribution < 1.29 is 19.2 Å². The van der Waals surface area contributed by atoms with Crippen molar-refractivity contribution in [3.63, 3.8) is 0 Å². The zero-order valence-electron chi connectivity index (χ0n) is 14.7. The molecular weight excluding hydrogens is 297 g/mol. The number of hydrogen-bond donors (Lipinski definition) is 2. The van der Waals surface area contributed by atoms with Gasteiger partial charge in [-0.2, -0.15) is 5.10 Å². The number of aromatic nitrogens is 2. The first-order valence-electron chi connectivity index (χ1n) is 7.77. The molecule has 1 aliphatic rings. The molecule has 0 unspecified atom stereocenters. The van der Waals surface area contributed by atoms with E-state index in [1.807, 2.05) is 47.7 Å². The van der Waals surface area contributed by atoms with Crippen molar-refractivity contribution in [1.82, 2.24) is 15.1 Å². The summed E-state index contributed by atoms with van der Waals surface area (Å²) in [4.78, 5) is 10.6. The molecule has 0 radical (unpaired) electrons. The van der Waals surface area contributed by atoms with E-state index in [2.05, 4.69) is 10.4 Å². The lowest BCUT2D eigenvalue weighted by molar-refractivity contribution is 0.00578. The summed E-state index contributed by atoms with van der Waals surface area (Å²) in [5, 5.41) is 15.5. The molecule has 0 aliphatic carbocycles. The Labute approximate surface area is 137 Å². The Kier molecular flexibility index (Phi) is 4.52. The standard InChI is InChI=1S/C15H26BN3O4/c1-13(2,9-17-12(20)21)10-19-8-11(7-18-19)16-22-14(3,4)15(5,6)23-16/h7-8,17H,9-10H2,1-6H3,(H,20,21). The molecule has 1 fully saturated rings. The Morgan fingerprint density at radius 3 is 2.43 bits per heavy atom. The molecule has 0 spiro atoms. The fourth-order valence-corrected chi connectivity index (χ4v) is 2.38. The first kappa shape index (κ1) is 17.8. The van der Waals surface area contributed by atoms with Crippen molar-refractivity contribution in [3.05, 3.63) is 12.4 Å². The number of carboxylic acid groups (broad SMARTS) is 1. The topological polar surface area (TPSA) is 85.6 Å². The third-order valence-electron chi connectivity index (χ3n) is 4.49. The second kappa shape index (κ2) is 5.83. The third kappa shape index (κ3) is 4.06. The first-order valence-corrected chi connectivity index (χ1v) is 7.77. The summed E-state index contributed by atoms with van der Waals surface area (Å²) in [5.74, 6) is 0. The largest absolute Gasteiger partial charge is 0.498 e. The van der Waals surface area contributed by atoms with Gasteiger partial charge in [-0.3, -0.25) is 4.68 Å². The maximum absolute atomic E-state index is 10.6. The van der Waals surface area contributed by atoms with Gasteiger partial charge in [0.1, 0.15) is 0 Å². The minimum atomic E-state index is -1.02. The molecule has 0 aromatic carbocycles. The van der Waals surface area contributed by atoms with E-state index in [9.17, 15) is 4.79 Å². The van der Waals surface area contributed by atoms with Gasteiger partial charge in [0.15, 0.2) is 0 Å². The summed E-state index contributed by atoms with van der Waals surface area (Å²) in [7, 11) is -0.436. The van der Waals surface area contributed by atoms with E-state index in [4.69, 9.17) is 14.4 Å². The van der Waals surface area contributed by atoms with Crippen LogP contribution in [-0.2, 0) is 15.9 Å². The van der Waals surface area contributed by atoms with Crippen molar-refractivity contribution in [2.24, 2.45) is 5.41 Å². The molecule has 0 saturated carbocycles. The van der Waals surface area contributed by atoms with Gasteiger partial charge in [-0.25, -0.2) is 4.79 Å². The molecule has 8 heteroatoms. The van der Waals surface area contributed by atoms with Gasteiger partial charge in [-0.1, -0.05) is 13.8 Å². The van der Waals surface area contributed by atoms with Gasteiger partial charge in [0, 0.05) is 36.4 Å². The first-order chi connectivity index (χ1) is 10.4. The Morgan fingerprint density at radius 1 is 1.35 bits per heavy atom. The van der Waals surface area contributed by atoms with Crippen LogP contribution in [0.1, 0.15) is 41.5 Å². The van der Waals surface area contributed by atoms with Crippen LogP contribution in [0.3, 0.4) is 0 Å². The van der Waals surface area contributed by atoms with Crippen LogP contribution in [0.4, 0.5) is 4.79 Å². The number of hydrogen-bond acceptors (Lipinski definition) is 4. The van der Waals surface area contributed by atoms with Crippen LogP contribution in [0.25, 0.3) is 0 Å². The van der Waals surface area contributed by atoms with Crippen molar-refractivity contribution in [1.29, 1.82) is 0 Å². The highest BCUT2D eigenvalue weighted by Crippen LogP contribution is 2.36. The number of amides is 1. The molecular formula is C15H26BN3O4. The molecule has 1 aliphatic heterocycles. The molecule has 1 aromatic heterocycles. The van der Waals surface area contributed by atoms with E-state index < -0.39 is 13.2 Å². The van der Waals surface area contributed by atoms with Crippen molar-refractivity contribution in [2.75, 3.05) is 6.54 Å². The number of carbonyl (C=O) groups is 1. The Morgan fingerprint density at radius 2 is 1.91 bits per heavy atom. The molecule has 0 bridgehead atoms. The van der Waals surface area contributed by atoms with E-state index in [0.29, 0.717) is 13.1 Å². The van der Waals surface area contributed by atoms with Crippen LogP contribution in [0.2, 0.25) is 0 Å². The smallest absolute Gasteiger partial charge is 0.465 e. The fraction of sp³-hybridized carbons (Fsp3) is 0.733. The zero-order chi connectivity index (χ0) is 17.5. The summed E-state index contributed by atoms with van der Waals surface area (Å²) in [6.07, 6.45) is 2.62. The van der Waals surface area contributed by atoms with E-state index in [0.717, 1.165) is 5.46 Å². The highest BCUT2D eigenvalue weighted by molar-refractivity contribution is 6.61. The average molecular weight is 323 g/mol. The number of rotatable bonds is 5. The molecule has 1 aromatic rings. The maximum atomic E-state index is 10.6. The monoisotopic (exact) mass is 323 g/mol. The van der Waals surface area contributed by atoms with Gasteiger partial charge in [0.2, 0.25) is 0 Å². The fourth-order valence-electron chi connectivity index (χ4n) is 2.38. The molecule has 0 atom stereocenters. The summed E-state index contributed by atoms with van der Waals surface area (Å²) in [6, 6.07) is 0. The van der Waals surface area contributed by atoms with Gasteiger partial charge < -0.3 is 19.7 Å².